The Labute approximate surface area is 119 Å². The zero-order valence-electron chi connectivity index (χ0n) is 11.7. The molecule has 3 rings (SSSR count). The first-order chi connectivity index (χ1) is 9.64. The number of nitrogens with zero attached hydrogens (tertiary/aromatic N) is 1. The van der Waals surface area contributed by atoms with Crippen molar-refractivity contribution in [3.8, 4) is 11.8 Å². The first-order valence-corrected chi connectivity index (χ1v) is 7.22. The van der Waals surface area contributed by atoms with E-state index < -0.39 is 5.60 Å². The topological polar surface area (TPSA) is 65.3 Å². The van der Waals surface area contributed by atoms with Gasteiger partial charge in [0.15, 0.2) is 0 Å². The molecule has 1 aromatic rings. The monoisotopic (exact) mass is 272 g/mol. The highest BCUT2D eigenvalue weighted by Crippen LogP contribution is 2.40. The van der Waals surface area contributed by atoms with Crippen LogP contribution < -0.4 is 10.1 Å². The lowest BCUT2D eigenvalue weighted by molar-refractivity contribution is -0.0360. The molecular weight excluding hydrogens is 252 g/mol. The smallest absolute Gasteiger partial charge is 0.136 e. The van der Waals surface area contributed by atoms with Gasteiger partial charge in [0.25, 0.3) is 0 Å². The van der Waals surface area contributed by atoms with Crippen LogP contribution in [-0.2, 0) is 5.60 Å². The molecule has 2 saturated heterocycles. The van der Waals surface area contributed by atoms with Gasteiger partial charge in [-0.25, -0.2) is 0 Å². The SMILES string of the molecule is COc1cc(C2(O)CC3CCCC(C2)N3)ccc1C#N. The normalized spacial score (nSPS) is 32.5. The van der Waals surface area contributed by atoms with Gasteiger partial charge >= 0.3 is 0 Å². The molecule has 1 aromatic carbocycles. The molecule has 4 heteroatoms. The summed E-state index contributed by atoms with van der Waals surface area (Å²) in [5, 5.41) is 23.7. The molecule has 0 aromatic heterocycles. The number of aliphatic hydroxyl groups is 1. The fourth-order valence-corrected chi connectivity index (χ4v) is 3.64. The second kappa shape index (κ2) is 5.08. The molecule has 20 heavy (non-hydrogen) atoms. The Morgan fingerprint density at radius 3 is 2.65 bits per heavy atom. The lowest BCUT2D eigenvalue weighted by Gasteiger charge is -2.45. The number of nitrogens with one attached hydrogen (secondary N) is 1. The van der Waals surface area contributed by atoms with E-state index in [1.165, 1.54) is 6.42 Å². The van der Waals surface area contributed by atoms with Crippen molar-refractivity contribution in [3.05, 3.63) is 29.3 Å². The summed E-state index contributed by atoms with van der Waals surface area (Å²) in [6, 6.07) is 8.33. The van der Waals surface area contributed by atoms with Crippen LogP contribution in [0.2, 0.25) is 0 Å². The third-order valence-corrected chi connectivity index (χ3v) is 4.60. The molecule has 2 bridgehead atoms. The maximum Gasteiger partial charge on any atom is 0.136 e. The van der Waals surface area contributed by atoms with Gasteiger partial charge in [0.1, 0.15) is 11.8 Å². The molecule has 0 aliphatic carbocycles. The Morgan fingerprint density at radius 1 is 1.35 bits per heavy atom. The van der Waals surface area contributed by atoms with Crippen molar-refractivity contribution in [2.45, 2.75) is 49.8 Å². The van der Waals surface area contributed by atoms with Crippen molar-refractivity contribution < 1.29 is 9.84 Å². The summed E-state index contributed by atoms with van der Waals surface area (Å²) in [6.45, 7) is 0. The van der Waals surface area contributed by atoms with E-state index in [9.17, 15) is 5.11 Å². The molecule has 2 atom stereocenters. The largest absolute Gasteiger partial charge is 0.495 e. The van der Waals surface area contributed by atoms with E-state index in [4.69, 9.17) is 10.00 Å². The van der Waals surface area contributed by atoms with Crippen molar-refractivity contribution in [2.75, 3.05) is 7.11 Å². The highest BCUT2D eigenvalue weighted by atomic mass is 16.5. The van der Waals surface area contributed by atoms with E-state index in [0.29, 0.717) is 23.4 Å². The van der Waals surface area contributed by atoms with Gasteiger partial charge in [0, 0.05) is 12.1 Å². The Morgan fingerprint density at radius 2 is 2.05 bits per heavy atom. The third-order valence-electron chi connectivity index (χ3n) is 4.60. The van der Waals surface area contributed by atoms with Crippen LogP contribution in [0.5, 0.6) is 5.75 Å². The fraction of sp³-hybridized carbons (Fsp3) is 0.562. The van der Waals surface area contributed by atoms with E-state index in [0.717, 1.165) is 31.2 Å². The molecule has 2 heterocycles. The van der Waals surface area contributed by atoms with Gasteiger partial charge in [-0.3, -0.25) is 0 Å². The van der Waals surface area contributed by atoms with E-state index >= 15 is 0 Å². The minimum Gasteiger partial charge on any atom is -0.495 e. The molecule has 106 valence electrons. The minimum atomic E-state index is -0.803. The van der Waals surface area contributed by atoms with Crippen LogP contribution >= 0.6 is 0 Å². The van der Waals surface area contributed by atoms with Crippen LogP contribution in [0, 0.1) is 11.3 Å². The fourth-order valence-electron chi connectivity index (χ4n) is 3.64. The van der Waals surface area contributed by atoms with Gasteiger partial charge in [-0.15, -0.1) is 0 Å². The molecule has 0 radical (unpaired) electrons. The molecule has 2 N–H and O–H groups in total. The summed E-state index contributed by atoms with van der Waals surface area (Å²) >= 11 is 0. The zero-order valence-corrected chi connectivity index (χ0v) is 11.7. The predicted molar refractivity (Wildman–Crippen MR) is 75.4 cm³/mol. The minimum absolute atomic E-state index is 0.397. The summed E-state index contributed by atoms with van der Waals surface area (Å²) in [6.07, 6.45) is 4.98. The van der Waals surface area contributed by atoms with Gasteiger partial charge in [0.05, 0.1) is 18.3 Å². The second-order valence-electron chi connectivity index (χ2n) is 5.96. The Bertz CT molecular complexity index is 538. The number of methoxy groups -OCH3 is 1. The molecule has 4 nitrogen and oxygen atoms in total. The molecule has 0 saturated carbocycles. The Kier molecular flexibility index (Phi) is 3.41. The third kappa shape index (κ3) is 2.28. The average Bonchev–Trinajstić information content (AvgIpc) is 2.46. The number of hydrogen-bond acceptors (Lipinski definition) is 4. The van der Waals surface area contributed by atoms with Gasteiger partial charge < -0.3 is 15.2 Å². The number of piperidine rings is 2. The zero-order chi connectivity index (χ0) is 14.2. The predicted octanol–water partition coefficient (Wildman–Crippen LogP) is 2.06. The van der Waals surface area contributed by atoms with E-state index in [-0.39, 0.29) is 0 Å². The second-order valence-corrected chi connectivity index (χ2v) is 5.96. The van der Waals surface area contributed by atoms with Crippen LogP contribution in [0.1, 0.15) is 43.2 Å². The number of rotatable bonds is 2. The number of fused-ring (bicyclic) bond motifs is 2. The summed E-state index contributed by atoms with van der Waals surface area (Å²) in [5.74, 6) is 0.544. The van der Waals surface area contributed by atoms with Crippen LogP contribution in [0.25, 0.3) is 0 Å². The van der Waals surface area contributed by atoms with E-state index in [1.807, 2.05) is 12.1 Å². The highest BCUT2D eigenvalue weighted by Gasteiger charge is 2.41. The first kappa shape index (κ1) is 13.4. The van der Waals surface area contributed by atoms with E-state index in [1.54, 1.807) is 13.2 Å². The standard InChI is InChI=1S/C16H20N2O2/c1-20-15-7-12(6-5-11(15)10-17)16(19)8-13-3-2-4-14(9-16)18-13/h5-7,13-14,18-19H,2-4,8-9H2,1H3. The lowest BCUT2D eigenvalue weighted by Crippen LogP contribution is -2.54. The summed E-state index contributed by atoms with van der Waals surface area (Å²) in [5.41, 5.74) is 0.572. The van der Waals surface area contributed by atoms with Gasteiger partial charge in [-0.05, 0) is 43.4 Å². The van der Waals surface area contributed by atoms with Crippen molar-refractivity contribution in [3.63, 3.8) is 0 Å². The van der Waals surface area contributed by atoms with Crippen molar-refractivity contribution in [1.82, 2.24) is 5.32 Å². The number of hydrogen-bond donors (Lipinski definition) is 2. The highest BCUT2D eigenvalue weighted by molar-refractivity contribution is 5.46. The number of ether oxygens (including phenoxy) is 1. The van der Waals surface area contributed by atoms with Crippen molar-refractivity contribution in [2.24, 2.45) is 0 Å². The van der Waals surface area contributed by atoms with Gasteiger partial charge in [-0.1, -0.05) is 12.5 Å². The molecule has 2 unspecified atom stereocenters. The summed E-state index contributed by atoms with van der Waals surface area (Å²) in [7, 11) is 1.56. The number of benzene rings is 1. The van der Waals surface area contributed by atoms with Gasteiger partial charge in [-0.2, -0.15) is 5.26 Å². The quantitative estimate of drug-likeness (QED) is 0.865. The van der Waals surface area contributed by atoms with Crippen LogP contribution in [-0.4, -0.2) is 24.3 Å². The summed E-state index contributed by atoms with van der Waals surface area (Å²) in [4.78, 5) is 0. The van der Waals surface area contributed by atoms with Crippen LogP contribution in [0.15, 0.2) is 18.2 Å². The number of nitriles is 1. The van der Waals surface area contributed by atoms with Gasteiger partial charge in [0.2, 0.25) is 0 Å². The lowest BCUT2D eigenvalue weighted by atomic mass is 9.74. The Balaban J connectivity index is 1.93. The molecule has 0 amide bonds. The maximum absolute atomic E-state index is 11.1. The molecular formula is C16H20N2O2. The van der Waals surface area contributed by atoms with Crippen LogP contribution in [0.4, 0.5) is 0 Å². The maximum atomic E-state index is 11.1. The van der Waals surface area contributed by atoms with E-state index in [2.05, 4.69) is 11.4 Å². The first-order valence-electron chi connectivity index (χ1n) is 7.22. The van der Waals surface area contributed by atoms with Crippen molar-refractivity contribution in [1.29, 1.82) is 5.26 Å². The molecule has 2 fully saturated rings. The summed E-state index contributed by atoms with van der Waals surface area (Å²) < 4.78 is 5.26. The Hall–Kier alpha value is -1.57. The molecule has 2 aliphatic heterocycles. The van der Waals surface area contributed by atoms with Crippen molar-refractivity contribution >= 4 is 0 Å². The molecule has 2 aliphatic rings. The molecule has 0 spiro atoms. The van der Waals surface area contributed by atoms with Crippen LogP contribution in [0.3, 0.4) is 0 Å². The average molecular weight is 272 g/mol.